The lowest BCUT2D eigenvalue weighted by molar-refractivity contribution is -0.130. The molecule has 4 heteroatoms. The highest BCUT2D eigenvalue weighted by Gasteiger charge is 2.22. The molecule has 0 saturated carbocycles. The molecule has 0 aromatic heterocycles. The van der Waals surface area contributed by atoms with E-state index in [-0.39, 0.29) is 0 Å². The predicted octanol–water partition coefficient (Wildman–Crippen LogP) is 7.08. The van der Waals surface area contributed by atoms with Crippen LogP contribution in [0.3, 0.4) is 0 Å². The van der Waals surface area contributed by atoms with E-state index in [0.717, 1.165) is 42.0 Å². The van der Waals surface area contributed by atoms with Gasteiger partial charge in [-0.3, -0.25) is 0 Å². The zero-order chi connectivity index (χ0) is 23.3. The Labute approximate surface area is 189 Å². The molecule has 0 spiro atoms. The highest BCUT2D eigenvalue weighted by atomic mass is 16.5. The molecule has 0 fully saturated rings. The Morgan fingerprint density at radius 2 is 1.31 bits per heavy atom. The van der Waals surface area contributed by atoms with E-state index in [4.69, 9.17) is 9.47 Å². The number of hydrogen-bond acceptors (Lipinski definition) is 4. The summed E-state index contributed by atoms with van der Waals surface area (Å²) in [6.45, 7) is 12.9. The largest absolute Gasteiger partial charge is 0.422 e. The summed E-state index contributed by atoms with van der Waals surface area (Å²) in [6.07, 6.45) is 5.31. The number of hydrogen-bond donors (Lipinski definition) is 0. The summed E-state index contributed by atoms with van der Waals surface area (Å²) in [5.41, 5.74) is 1.69. The second-order valence-corrected chi connectivity index (χ2v) is 8.19. The Morgan fingerprint density at radius 3 is 1.91 bits per heavy atom. The van der Waals surface area contributed by atoms with Gasteiger partial charge in [-0.25, -0.2) is 9.59 Å². The van der Waals surface area contributed by atoms with Crippen LogP contribution in [0.5, 0.6) is 11.5 Å². The summed E-state index contributed by atoms with van der Waals surface area (Å²) in [5.74, 6) is -0.0423. The molecule has 0 unspecified atom stereocenters. The summed E-state index contributed by atoms with van der Waals surface area (Å²) in [7, 11) is 0. The van der Waals surface area contributed by atoms with Crippen molar-refractivity contribution in [3.63, 3.8) is 0 Å². The number of aryl methyl sites for hydroxylation is 1. The molecule has 0 N–H and O–H groups in total. The number of unbranched alkanes of at least 4 members (excludes halogenated alkanes) is 3. The van der Waals surface area contributed by atoms with Gasteiger partial charge >= 0.3 is 11.9 Å². The number of rotatable bonds is 9. The van der Waals surface area contributed by atoms with E-state index in [1.165, 1.54) is 6.42 Å². The fourth-order valence-corrected chi connectivity index (χ4v) is 3.74. The van der Waals surface area contributed by atoms with Crippen molar-refractivity contribution in [1.29, 1.82) is 0 Å². The van der Waals surface area contributed by atoms with Gasteiger partial charge in [0.25, 0.3) is 0 Å². The SMILES string of the molecule is C=C(C)C(=O)Oc1c2ccccc2c(OC(=O)C(=C)C)c2c(CCCCCC)cccc12. The van der Waals surface area contributed by atoms with Crippen LogP contribution in [0.15, 0.2) is 66.8 Å². The Morgan fingerprint density at radius 1 is 0.750 bits per heavy atom. The van der Waals surface area contributed by atoms with E-state index in [9.17, 15) is 9.59 Å². The van der Waals surface area contributed by atoms with Gasteiger partial charge in [0.1, 0.15) is 11.5 Å². The van der Waals surface area contributed by atoms with Crippen molar-refractivity contribution in [2.75, 3.05) is 0 Å². The molecule has 0 saturated heterocycles. The number of carbonyl (C=O) groups is 2. The standard InChI is InChI=1S/C28H30O4/c1-6-7-8-9-13-20-14-12-17-23-24(20)26(32-28(30)19(4)5)22-16-11-10-15-21(22)25(23)31-27(29)18(2)3/h10-12,14-17H,2,4,6-9,13H2,1,3,5H3. The molecule has 0 radical (unpaired) electrons. The third-order valence-electron chi connectivity index (χ3n) is 5.42. The molecule has 0 bridgehead atoms. The van der Waals surface area contributed by atoms with Gasteiger partial charge in [-0.2, -0.15) is 0 Å². The van der Waals surface area contributed by atoms with Gasteiger partial charge in [0.05, 0.1) is 0 Å². The van der Waals surface area contributed by atoms with Gasteiger partial charge in [-0.05, 0) is 32.3 Å². The minimum Gasteiger partial charge on any atom is -0.422 e. The molecule has 0 aliphatic heterocycles. The average Bonchev–Trinajstić information content (AvgIpc) is 2.78. The Hall–Kier alpha value is -3.40. The molecule has 3 aromatic rings. The Balaban J connectivity index is 2.31. The second-order valence-electron chi connectivity index (χ2n) is 8.19. The predicted molar refractivity (Wildman–Crippen MR) is 130 cm³/mol. The molecular formula is C28H30O4. The summed E-state index contributed by atoms with van der Waals surface area (Å²) >= 11 is 0. The lowest BCUT2D eigenvalue weighted by atomic mass is 9.94. The third kappa shape index (κ3) is 4.91. The third-order valence-corrected chi connectivity index (χ3v) is 5.42. The zero-order valence-corrected chi connectivity index (χ0v) is 19.1. The first kappa shape index (κ1) is 23.3. The van der Waals surface area contributed by atoms with Crippen LogP contribution in [-0.2, 0) is 16.0 Å². The fourth-order valence-electron chi connectivity index (χ4n) is 3.74. The first-order valence-electron chi connectivity index (χ1n) is 11.1. The number of carbonyl (C=O) groups excluding carboxylic acids is 2. The quantitative estimate of drug-likeness (QED) is 0.120. The molecule has 3 aromatic carbocycles. The highest BCUT2D eigenvalue weighted by molar-refractivity contribution is 6.14. The average molecular weight is 431 g/mol. The van der Waals surface area contributed by atoms with E-state index < -0.39 is 11.9 Å². The van der Waals surface area contributed by atoms with Crippen molar-refractivity contribution in [2.24, 2.45) is 0 Å². The zero-order valence-electron chi connectivity index (χ0n) is 19.1. The topological polar surface area (TPSA) is 52.6 Å². The van der Waals surface area contributed by atoms with Crippen LogP contribution in [0.25, 0.3) is 21.5 Å². The molecule has 0 amide bonds. The molecule has 0 heterocycles. The van der Waals surface area contributed by atoms with Crippen LogP contribution in [0.1, 0.15) is 52.0 Å². The van der Waals surface area contributed by atoms with Crippen molar-refractivity contribution in [3.05, 3.63) is 72.3 Å². The van der Waals surface area contributed by atoms with E-state index in [1.807, 2.05) is 42.5 Å². The monoisotopic (exact) mass is 430 g/mol. The van der Waals surface area contributed by atoms with Crippen LogP contribution in [0, 0.1) is 0 Å². The number of ether oxygens (including phenoxy) is 2. The fraction of sp³-hybridized carbons (Fsp3) is 0.286. The number of benzene rings is 3. The van der Waals surface area contributed by atoms with E-state index in [2.05, 4.69) is 20.1 Å². The maximum atomic E-state index is 12.5. The van der Waals surface area contributed by atoms with Gasteiger partial charge < -0.3 is 9.47 Å². The van der Waals surface area contributed by atoms with Crippen LogP contribution in [-0.4, -0.2) is 11.9 Å². The molecule has 166 valence electrons. The normalized spacial score (nSPS) is 10.8. The van der Waals surface area contributed by atoms with E-state index >= 15 is 0 Å². The van der Waals surface area contributed by atoms with Gasteiger partial charge in [-0.15, -0.1) is 0 Å². The lowest BCUT2D eigenvalue weighted by Crippen LogP contribution is -2.12. The first-order valence-corrected chi connectivity index (χ1v) is 11.1. The molecule has 0 aliphatic rings. The Bertz CT molecular complexity index is 1200. The van der Waals surface area contributed by atoms with E-state index in [0.29, 0.717) is 33.4 Å². The van der Waals surface area contributed by atoms with Crippen LogP contribution in [0.2, 0.25) is 0 Å². The van der Waals surface area contributed by atoms with Crippen molar-refractivity contribution in [1.82, 2.24) is 0 Å². The minimum absolute atomic E-state index is 0.315. The lowest BCUT2D eigenvalue weighted by Gasteiger charge is -2.19. The smallest absolute Gasteiger partial charge is 0.338 e. The van der Waals surface area contributed by atoms with Crippen LogP contribution < -0.4 is 9.47 Å². The molecule has 0 aliphatic carbocycles. The van der Waals surface area contributed by atoms with Gasteiger partial charge in [-0.1, -0.05) is 81.8 Å². The molecular weight excluding hydrogens is 400 g/mol. The van der Waals surface area contributed by atoms with Crippen molar-refractivity contribution < 1.29 is 19.1 Å². The van der Waals surface area contributed by atoms with Gasteiger partial charge in [0.15, 0.2) is 0 Å². The minimum atomic E-state index is -0.489. The van der Waals surface area contributed by atoms with Crippen molar-refractivity contribution in [3.8, 4) is 11.5 Å². The highest BCUT2D eigenvalue weighted by Crippen LogP contribution is 2.45. The van der Waals surface area contributed by atoms with E-state index in [1.54, 1.807) is 13.8 Å². The second kappa shape index (κ2) is 10.3. The summed E-state index contributed by atoms with van der Waals surface area (Å²) in [5, 5.41) is 2.93. The molecule has 32 heavy (non-hydrogen) atoms. The Kier molecular flexibility index (Phi) is 7.47. The first-order chi connectivity index (χ1) is 15.3. The maximum Gasteiger partial charge on any atom is 0.338 e. The molecule has 0 atom stereocenters. The van der Waals surface area contributed by atoms with Crippen molar-refractivity contribution >= 4 is 33.5 Å². The van der Waals surface area contributed by atoms with Crippen LogP contribution in [0.4, 0.5) is 0 Å². The summed E-state index contributed by atoms with van der Waals surface area (Å²) < 4.78 is 11.7. The van der Waals surface area contributed by atoms with Gasteiger partial charge in [0, 0.05) is 32.7 Å². The van der Waals surface area contributed by atoms with Gasteiger partial charge in [0.2, 0.25) is 0 Å². The van der Waals surface area contributed by atoms with Crippen LogP contribution >= 0.6 is 0 Å². The number of esters is 2. The maximum absolute atomic E-state index is 12.5. The summed E-state index contributed by atoms with van der Waals surface area (Å²) in [6, 6.07) is 13.4. The van der Waals surface area contributed by atoms with Crippen molar-refractivity contribution in [2.45, 2.75) is 52.9 Å². The summed E-state index contributed by atoms with van der Waals surface area (Å²) in [4.78, 5) is 25.0. The molecule has 4 nitrogen and oxygen atoms in total. The number of fused-ring (bicyclic) bond motifs is 2. The molecule has 3 rings (SSSR count).